The Kier molecular flexibility index (Phi) is 4.56. The Morgan fingerprint density at radius 2 is 1.50 bits per heavy atom. The lowest BCUT2D eigenvalue weighted by atomic mass is 9.96. The second kappa shape index (κ2) is 6.57. The number of benzene rings is 1. The zero-order valence-corrected chi connectivity index (χ0v) is 12.5. The normalized spacial score (nSPS) is 20.1. The molecule has 0 amide bonds. The summed E-state index contributed by atoms with van der Waals surface area (Å²) in [6.07, 6.45) is 9.16. The molecule has 1 aliphatic heterocycles. The molecular formula is C16H22ClNO2. The Morgan fingerprint density at radius 3 is 2.20 bits per heavy atom. The second-order valence-corrected chi connectivity index (χ2v) is 6.07. The molecule has 3 nitrogen and oxygen atoms in total. The fraction of sp³-hybridized carbons (Fsp3) is 0.625. The van der Waals surface area contributed by atoms with E-state index in [9.17, 15) is 0 Å². The van der Waals surface area contributed by atoms with E-state index in [-0.39, 0.29) is 0 Å². The summed E-state index contributed by atoms with van der Waals surface area (Å²) in [5.41, 5.74) is 0.974. The third-order valence-electron chi connectivity index (χ3n) is 4.10. The molecule has 1 N–H and O–H groups in total. The molecule has 4 heteroatoms. The third-order valence-corrected chi connectivity index (χ3v) is 4.41. The van der Waals surface area contributed by atoms with Gasteiger partial charge in [-0.2, -0.15) is 0 Å². The molecule has 1 aromatic carbocycles. The SMILES string of the molecule is Clc1cc2c(cc1NC1CCCCCCC1)OCCO2. The van der Waals surface area contributed by atoms with Crippen molar-refractivity contribution in [3.8, 4) is 11.5 Å². The Hall–Kier alpha value is -1.09. The molecule has 0 bridgehead atoms. The number of hydrogen-bond acceptors (Lipinski definition) is 3. The molecule has 110 valence electrons. The average Bonchev–Trinajstić information content (AvgIpc) is 2.42. The van der Waals surface area contributed by atoms with E-state index < -0.39 is 0 Å². The molecule has 0 radical (unpaired) electrons. The van der Waals surface area contributed by atoms with Crippen LogP contribution in [0.2, 0.25) is 5.02 Å². The van der Waals surface area contributed by atoms with Crippen LogP contribution in [0.4, 0.5) is 5.69 Å². The van der Waals surface area contributed by atoms with E-state index in [1.165, 1.54) is 44.9 Å². The van der Waals surface area contributed by atoms with Crippen LogP contribution < -0.4 is 14.8 Å². The van der Waals surface area contributed by atoms with Gasteiger partial charge >= 0.3 is 0 Å². The number of anilines is 1. The van der Waals surface area contributed by atoms with Gasteiger partial charge in [0.15, 0.2) is 11.5 Å². The van der Waals surface area contributed by atoms with E-state index in [4.69, 9.17) is 21.1 Å². The summed E-state index contributed by atoms with van der Waals surface area (Å²) in [5, 5.41) is 4.32. The Labute approximate surface area is 125 Å². The Balaban J connectivity index is 1.72. The lowest BCUT2D eigenvalue weighted by Gasteiger charge is -2.25. The van der Waals surface area contributed by atoms with Gasteiger partial charge in [0.05, 0.1) is 10.7 Å². The molecule has 1 saturated carbocycles. The van der Waals surface area contributed by atoms with Gasteiger partial charge in [-0.25, -0.2) is 0 Å². The first kappa shape index (κ1) is 13.9. The predicted molar refractivity (Wildman–Crippen MR) is 82.2 cm³/mol. The lowest BCUT2D eigenvalue weighted by molar-refractivity contribution is 0.171. The van der Waals surface area contributed by atoms with E-state index >= 15 is 0 Å². The zero-order chi connectivity index (χ0) is 13.8. The number of hydrogen-bond donors (Lipinski definition) is 1. The lowest BCUT2D eigenvalue weighted by Crippen LogP contribution is -2.21. The molecule has 2 aliphatic rings. The van der Waals surface area contributed by atoms with Crippen LogP contribution in [-0.2, 0) is 0 Å². The zero-order valence-electron chi connectivity index (χ0n) is 11.8. The largest absolute Gasteiger partial charge is 0.486 e. The van der Waals surface area contributed by atoms with Crippen LogP contribution in [-0.4, -0.2) is 19.3 Å². The van der Waals surface area contributed by atoms with Crippen molar-refractivity contribution in [2.75, 3.05) is 18.5 Å². The highest BCUT2D eigenvalue weighted by atomic mass is 35.5. The standard InChI is InChI=1S/C16H22ClNO2/c17-13-10-15-16(20-9-8-19-15)11-14(13)18-12-6-4-2-1-3-5-7-12/h10-12,18H,1-9H2. The number of rotatable bonds is 2. The summed E-state index contributed by atoms with van der Waals surface area (Å²) in [4.78, 5) is 0. The minimum atomic E-state index is 0.523. The van der Waals surface area contributed by atoms with Gasteiger partial charge in [0, 0.05) is 18.2 Å². The van der Waals surface area contributed by atoms with Gasteiger partial charge < -0.3 is 14.8 Å². The number of nitrogens with one attached hydrogen (secondary N) is 1. The van der Waals surface area contributed by atoms with E-state index in [1.807, 2.05) is 12.1 Å². The van der Waals surface area contributed by atoms with Crippen molar-refractivity contribution >= 4 is 17.3 Å². The van der Waals surface area contributed by atoms with Crippen LogP contribution in [0.25, 0.3) is 0 Å². The molecule has 0 spiro atoms. The maximum absolute atomic E-state index is 6.36. The number of fused-ring (bicyclic) bond motifs is 1. The van der Waals surface area contributed by atoms with Crippen molar-refractivity contribution in [1.82, 2.24) is 0 Å². The van der Waals surface area contributed by atoms with Crippen molar-refractivity contribution in [2.45, 2.75) is 51.0 Å². The highest BCUT2D eigenvalue weighted by Crippen LogP contribution is 2.38. The van der Waals surface area contributed by atoms with Crippen LogP contribution in [0.3, 0.4) is 0 Å². The highest BCUT2D eigenvalue weighted by Gasteiger charge is 2.17. The molecule has 1 aliphatic carbocycles. The number of halogens is 1. The van der Waals surface area contributed by atoms with Gasteiger partial charge in [0.2, 0.25) is 0 Å². The Morgan fingerprint density at radius 1 is 0.900 bits per heavy atom. The summed E-state index contributed by atoms with van der Waals surface area (Å²) in [5.74, 6) is 1.55. The minimum absolute atomic E-state index is 0.523. The molecular weight excluding hydrogens is 274 g/mol. The van der Waals surface area contributed by atoms with Gasteiger partial charge in [0.1, 0.15) is 13.2 Å². The topological polar surface area (TPSA) is 30.5 Å². The molecule has 1 aromatic rings. The van der Waals surface area contributed by atoms with Crippen molar-refractivity contribution in [1.29, 1.82) is 0 Å². The molecule has 3 rings (SSSR count). The van der Waals surface area contributed by atoms with Crippen LogP contribution in [0.5, 0.6) is 11.5 Å². The van der Waals surface area contributed by atoms with Crippen LogP contribution in [0.15, 0.2) is 12.1 Å². The molecule has 1 heterocycles. The molecule has 20 heavy (non-hydrogen) atoms. The fourth-order valence-corrected chi connectivity index (χ4v) is 3.20. The average molecular weight is 296 g/mol. The van der Waals surface area contributed by atoms with E-state index in [0.29, 0.717) is 19.3 Å². The second-order valence-electron chi connectivity index (χ2n) is 5.66. The molecule has 0 aromatic heterocycles. The van der Waals surface area contributed by atoms with Crippen LogP contribution in [0.1, 0.15) is 44.9 Å². The van der Waals surface area contributed by atoms with Crippen molar-refractivity contribution < 1.29 is 9.47 Å². The Bertz CT molecular complexity index is 456. The van der Waals surface area contributed by atoms with Crippen molar-refractivity contribution in [3.63, 3.8) is 0 Å². The smallest absolute Gasteiger partial charge is 0.163 e. The molecule has 0 saturated heterocycles. The number of ether oxygens (including phenoxy) is 2. The minimum Gasteiger partial charge on any atom is -0.486 e. The first-order valence-corrected chi connectivity index (χ1v) is 8.06. The molecule has 0 atom stereocenters. The van der Waals surface area contributed by atoms with Crippen molar-refractivity contribution in [2.24, 2.45) is 0 Å². The summed E-state index contributed by atoms with van der Waals surface area (Å²) in [6.45, 7) is 1.20. The first-order chi connectivity index (χ1) is 9.83. The van der Waals surface area contributed by atoms with Gasteiger partial charge in [-0.3, -0.25) is 0 Å². The van der Waals surface area contributed by atoms with Gasteiger partial charge in [0.25, 0.3) is 0 Å². The predicted octanol–water partition coefficient (Wildman–Crippen LogP) is 4.64. The third kappa shape index (κ3) is 3.32. The molecule has 0 unspecified atom stereocenters. The van der Waals surface area contributed by atoms with E-state index in [1.54, 1.807) is 0 Å². The molecule has 1 fully saturated rings. The maximum atomic E-state index is 6.36. The monoisotopic (exact) mass is 295 g/mol. The summed E-state index contributed by atoms with van der Waals surface area (Å²) in [7, 11) is 0. The summed E-state index contributed by atoms with van der Waals surface area (Å²) >= 11 is 6.36. The van der Waals surface area contributed by atoms with Crippen LogP contribution in [0, 0.1) is 0 Å². The summed E-state index contributed by atoms with van der Waals surface area (Å²) in [6, 6.07) is 4.37. The van der Waals surface area contributed by atoms with E-state index in [2.05, 4.69) is 5.32 Å². The van der Waals surface area contributed by atoms with E-state index in [0.717, 1.165) is 22.2 Å². The summed E-state index contributed by atoms with van der Waals surface area (Å²) < 4.78 is 11.2. The first-order valence-electron chi connectivity index (χ1n) is 7.68. The van der Waals surface area contributed by atoms with Gasteiger partial charge in [-0.1, -0.05) is 43.7 Å². The van der Waals surface area contributed by atoms with Crippen molar-refractivity contribution in [3.05, 3.63) is 17.2 Å². The van der Waals surface area contributed by atoms with Gasteiger partial charge in [-0.15, -0.1) is 0 Å². The highest BCUT2D eigenvalue weighted by molar-refractivity contribution is 6.33. The fourth-order valence-electron chi connectivity index (χ4n) is 2.99. The van der Waals surface area contributed by atoms with Gasteiger partial charge in [-0.05, 0) is 12.8 Å². The van der Waals surface area contributed by atoms with Crippen LogP contribution >= 0.6 is 11.6 Å². The quantitative estimate of drug-likeness (QED) is 0.862. The maximum Gasteiger partial charge on any atom is 0.163 e.